The number of pyridine rings is 1. The number of piperidine rings is 3. The lowest BCUT2D eigenvalue weighted by Crippen LogP contribution is -2.62. The van der Waals surface area contributed by atoms with E-state index in [1.807, 2.05) is 12.3 Å². The van der Waals surface area contributed by atoms with Gasteiger partial charge in [0.1, 0.15) is 5.69 Å². The maximum absolute atomic E-state index is 12.8. The van der Waals surface area contributed by atoms with Gasteiger partial charge in [-0.1, -0.05) is 0 Å². The summed E-state index contributed by atoms with van der Waals surface area (Å²) in [5, 5.41) is 5.75. The zero-order valence-corrected chi connectivity index (χ0v) is 16.1. The van der Waals surface area contributed by atoms with E-state index in [4.69, 9.17) is 0 Å². The van der Waals surface area contributed by atoms with Crippen LogP contribution in [0.4, 0.5) is 5.00 Å². The molecule has 26 heavy (non-hydrogen) atoms. The van der Waals surface area contributed by atoms with Crippen molar-refractivity contribution in [1.29, 1.82) is 0 Å². The van der Waals surface area contributed by atoms with Gasteiger partial charge in [-0.25, -0.2) is 0 Å². The normalized spacial score (nSPS) is 30.9. The summed E-state index contributed by atoms with van der Waals surface area (Å²) in [6.45, 7) is 6.89. The van der Waals surface area contributed by atoms with Crippen molar-refractivity contribution < 1.29 is 4.79 Å². The van der Waals surface area contributed by atoms with Crippen molar-refractivity contribution >= 4 is 32.3 Å². The van der Waals surface area contributed by atoms with Gasteiger partial charge in [-0.3, -0.25) is 14.7 Å². The van der Waals surface area contributed by atoms with Gasteiger partial charge < -0.3 is 10.2 Å². The van der Waals surface area contributed by atoms with Crippen molar-refractivity contribution in [1.82, 2.24) is 15.2 Å². The summed E-state index contributed by atoms with van der Waals surface area (Å²) >= 11 is 1.78. The number of nitrogens with zero attached hydrogens (tertiary/aromatic N) is 3. The van der Waals surface area contributed by atoms with E-state index in [2.05, 4.69) is 33.1 Å². The molecule has 2 unspecified atom stereocenters. The van der Waals surface area contributed by atoms with E-state index in [0.29, 0.717) is 17.7 Å². The van der Waals surface area contributed by atoms with E-state index in [9.17, 15) is 4.79 Å². The fourth-order valence-corrected chi connectivity index (χ4v) is 6.03. The van der Waals surface area contributed by atoms with Crippen LogP contribution in [0.5, 0.6) is 0 Å². The van der Waals surface area contributed by atoms with Crippen LogP contribution in [0.25, 0.3) is 10.1 Å². The molecule has 1 amide bonds. The molecule has 0 aliphatic carbocycles. The lowest BCUT2D eigenvalue weighted by Gasteiger charge is -2.49. The fourth-order valence-electron chi connectivity index (χ4n) is 4.91. The van der Waals surface area contributed by atoms with E-state index in [1.54, 1.807) is 11.3 Å². The third-order valence-corrected chi connectivity index (χ3v) is 7.67. The summed E-state index contributed by atoms with van der Waals surface area (Å²) in [6.07, 6.45) is 6.81. The molecule has 0 spiro atoms. The van der Waals surface area contributed by atoms with Gasteiger partial charge in [0.05, 0.1) is 5.00 Å². The molecular formula is C20H26N4OS. The van der Waals surface area contributed by atoms with Crippen molar-refractivity contribution in [3.8, 4) is 0 Å². The van der Waals surface area contributed by atoms with Crippen LogP contribution >= 0.6 is 11.3 Å². The number of amides is 1. The van der Waals surface area contributed by atoms with E-state index in [1.165, 1.54) is 43.8 Å². The molecule has 5 nitrogen and oxygen atoms in total. The molecule has 0 radical (unpaired) electrons. The summed E-state index contributed by atoms with van der Waals surface area (Å²) in [5.74, 6) is 0.597. The van der Waals surface area contributed by atoms with Crippen molar-refractivity contribution in [2.45, 2.75) is 44.7 Å². The Bertz CT molecular complexity index is 818. The Kier molecular flexibility index (Phi) is 4.13. The van der Waals surface area contributed by atoms with E-state index < -0.39 is 0 Å². The van der Waals surface area contributed by atoms with Crippen molar-refractivity contribution in [3.05, 3.63) is 24.0 Å². The first-order valence-corrected chi connectivity index (χ1v) is 10.7. The lowest BCUT2D eigenvalue weighted by atomic mass is 9.79. The highest BCUT2D eigenvalue weighted by atomic mass is 32.1. The summed E-state index contributed by atoms with van der Waals surface area (Å²) in [7, 11) is 0. The van der Waals surface area contributed by atoms with Gasteiger partial charge in [0.15, 0.2) is 0 Å². The first-order chi connectivity index (χ1) is 12.7. The van der Waals surface area contributed by atoms with Crippen LogP contribution in [0.15, 0.2) is 18.3 Å². The zero-order valence-electron chi connectivity index (χ0n) is 15.3. The molecule has 1 N–H and O–H groups in total. The van der Waals surface area contributed by atoms with Crippen LogP contribution in [0.2, 0.25) is 0 Å². The average molecular weight is 371 g/mol. The van der Waals surface area contributed by atoms with E-state index in [-0.39, 0.29) is 11.9 Å². The van der Waals surface area contributed by atoms with Gasteiger partial charge in [0, 0.05) is 41.5 Å². The molecule has 0 aromatic carbocycles. The Morgan fingerprint density at radius 3 is 2.69 bits per heavy atom. The number of thiophene rings is 1. The number of carbonyl (C=O) groups is 1. The summed E-state index contributed by atoms with van der Waals surface area (Å²) in [6, 6.07) is 4.88. The minimum Gasteiger partial charge on any atom is -0.363 e. The van der Waals surface area contributed by atoms with E-state index in [0.717, 1.165) is 23.2 Å². The standard InChI is InChI=1S/C20H26N4OS/c1-13-19(14-4-8-23(13)9-5-14)22-20(25)16-11-17-15(12-21-16)10-18(26-17)24-6-2-3-7-24/h10-14,19H,2-9H2,1H3,(H,22,25). The maximum Gasteiger partial charge on any atom is 0.270 e. The molecule has 6 rings (SSSR count). The van der Waals surface area contributed by atoms with Crippen LogP contribution < -0.4 is 10.2 Å². The van der Waals surface area contributed by atoms with Gasteiger partial charge in [-0.2, -0.15) is 0 Å². The number of hydrogen-bond acceptors (Lipinski definition) is 5. The number of carbonyl (C=O) groups excluding carboxylic acids is 1. The third kappa shape index (κ3) is 2.79. The Morgan fingerprint density at radius 2 is 1.96 bits per heavy atom. The van der Waals surface area contributed by atoms with Gasteiger partial charge in [0.2, 0.25) is 0 Å². The van der Waals surface area contributed by atoms with Gasteiger partial charge in [-0.05, 0) is 63.7 Å². The molecule has 6 heterocycles. The molecule has 4 fully saturated rings. The zero-order chi connectivity index (χ0) is 17.7. The fraction of sp³-hybridized carbons (Fsp3) is 0.600. The lowest BCUT2D eigenvalue weighted by molar-refractivity contribution is 0.0216. The summed E-state index contributed by atoms with van der Waals surface area (Å²) in [4.78, 5) is 22.3. The number of nitrogens with one attached hydrogen (secondary N) is 1. The molecule has 4 aliphatic rings. The minimum atomic E-state index is -0.0198. The highest BCUT2D eigenvalue weighted by molar-refractivity contribution is 7.22. The first kappa shape index (κ1) is 16.5. The van der Waals surface area contributed by atoms with Gasteiger partial charge in [0.25, 0.3) is 5.91 Å². The van der Waals surface area contributed by atoms with Crippen LogP contribution in [0.1, 0.15) is 43.1 Å². The number of fused-ring (bicyclic) bond motifs is 4. The Hall–Kier alpha value is -1.66. The second-order valence-corrected chi connectivity index (χ2v) is 9.06. The van der Waals surface area contributed by atoms with E-state index >= 15 is 0 Å². The highest BCUT2D eigenvalue weighted by Gasteiger charge is 2.40. The quantitative estimate of drug-likeness (QED) is 0.902. The monoisotopic (exact) mass is 370 g/mol. The Balaban J connectivity index is 1.35. The summed E-state index contributed by atoms with van der Waals surface area (Å²) in [5.41, 5.74) is 0.552. The van der Waals surface area contributed by atoms with Crippen LogP contribution in [0.3, 0.4) is 0 Å². The third-order valence-electron chi connectivity index (χ3n) is 6.51. The minimum absolute atomic E-state index is 0.0198. The van der Waals surface area contributed by atoms with Crippen LogP contribution in [0, 0.1) is 5.92 Å². The topological polar surface area (TPSA) is 48.5 Å². The Labute approximate surface area is 158 Å². The molecular weight excluding hydrogens is 344 g/mol. The highest BCUT2D eigenvalue weighted by Crippen LogP contribution is 2.35. The number of rotatable bonds is 3. The maximum atomic E-state index is 12.8. The predicted octanol–water partition coefficient (Wildman–Crippen LogP) is 3.11. The molecule has 6 heteroatoms. The molecule has 2 aromatic rings. The molecule has 4 aliphatic heterocycles. The molecule has 2 aromatic heterocycles. The second kappa shape index (κ2) is 6.50. The van der Waals surface area contributed by atoms with Crippen molar-refractivity contribution in [3.63, 3.8) is 0 Å². The first-order valence-electron chi connectivity index (χ1n) is 9.88. The molecule has 2 atom stereocenters. The van der Waals surface area contributed by atoms with Crippen molar-refractivity contribution in [2.75, 3.05) is 31.1 Å². The van der Waals surface area contributed by atoms with Gasteiger partial charge >= 0.3 is 0 Å². The molecule has 2 bridgehead atoms. The molecule has 138 valence electrons. The number of anilines is 1. The number of hydrogen-bond donors (Lipinski definition) is 1. The average Bonchev–Trinajstić information content (AvgIpc) is 3.33. The predicted molar refractivity (Wildman–Crippen MR) is 106 cm³/mol. The summed E-state index contributed by atoms with van der Waals surface area (Å²) < 4.78 is 1.16. The smallest absolute Gasteiger partial charge is 0.270 e. The Morgan fingerprint density at radius 1 is 1.19 bits per heavy atom. The van der Waals surface area contributed by atoms with Gasteiger partial charge in [-0.15, -0.1) is 11.3 Å². The number of aromatic nitrogens is 1. The van der Waals surface area contributed by atoms with Crippen LogP contribution in [-0.4, -0.2) is 54.1 Å². The SMILES string of the molecule is CC1C(NC(=O)c2cc3sc(N4CCCC4)cc3cn2)C2CCN1CC2. The largest absolute Gasteiger partial charge is 0.363 e. The molecule has 0 saturated carbocycles. The molecule has 4 saturated heterocycles. The van der Waals surface area contributed by atoms with Crippen LogP contribution in [-0.2, 0) is 0 Å². The van der Waals surface area contributed by atoms with Crippen molar-refractivity contribution in [2.24, 2.45) is 5.92 Å². The second-order valence-electron chi connectivity index (χ2n) is 8.00.